The van der Waals surface area contributed by atoms with Gasteiger partial charge in [-0.05, 0) is 74.8 Å². The fraction of sp³-hybridized carbons (Fsp3) is 0.581. The van der Waals surface area contributed by atoms with Gasteiger partial charge in [0, 0.05) is 38.3 Å². The van der Waals surface area contributed by atoms with E-state index >= 15 is 0 Å². The quantitative estimate of drug-likeness (QED) is 0.451. The third-order valence-electron chi connectivity index (χ3n) is 8.53. The van der Waals surface area contributed by atoms with Crippen molar-refractivity contribution in [1.82, 2.24) is 14.7 Å². The molecule has 0 N–H and O–H groups in total. The standard InChI is InChI=1S/C31H43N3O2/c1-32(21-24-9-4-3-5-10-24)23-30(31(35)33-20-8-12-26-11-6-7-13-29(26)33)34(27-16-17-27)22-25-14-18-28(36-2)19-15-25/h3-5,9-10,14-15,18-19,26-27,29-30H,6-8,11-13,16-17,20-23H2,1-2H3/t26-,29+,30?/m1/s1. The van der Waals surface area contributed by atoms with Crippen LogP contribution in [0.15, 0.2) is 54.6 Å². The Hall–Kier alpha value is -2.37. The van der Waals surface area contributed by atoms with Crippen LogP contribution in [0.1, 0.15) is 62.5 Å². The molecule has 1 heterocycles. The SMILES string of the molecule is COc1ccc(CN(C2CC2)C(CN(C)Cc2ccccc2)C(=O)N2CCC[C@H]3CCCC[C@@H]32)cc1. The highest BCUT2D eigenvalue weighted by molar-refractivity contribution is 5.83. The van der Waals surface area contributed by atoms with E-state index in [9.17, 15) is 4.79 Å². The fourth-order valence-electron chi connectivity index (χ4n) is 6.51. The molecule has 5 rings (SSSR count). The molecular weight excluding hydrogens is 446 g/mol. The molecule has 3 fully saturated rings. The predicted molar refractivity (Wildman–Crippen MR) is 145 cm³/mol. The molecule has 3 aliphatic rings. The van der Waals surface area contributed by atoms with Crippen LogP contribution in [-0.2, 0) is 17.9 Å². The van der Waals surface area contributed by atoms with E-state index in [-0.39, 0.29) is 6.04 Å². The first-order valence-electron chi connectivity index (χ1n) is 14.0. The smallest absolute Gasteiger partial charge is 0.241 e. The maximum absolute atomic E-state index is 14.4. The van der Waals surface area contributed by atoms with Crippen LogP contribution in [0.3, 0.4) is 0 Å². The third-order valence-corrected chi connectivity index (χ3v) is 8.53. The molecule has 2 saturated carbocycles. The van der Waals surface area contributed by atoms with E-state index in [1.54, 1.807) is 7.11 Å². The average molecular weight is 490 g/mol. The van der Waals surface area contributed by atoms with E-state index < -0.39 is 0 Å². The fourth-order valence-corrected chi connectivity index (χ4v) is 6.51. The summed E-state index contributed by atoms with van der Waals surface area (Å²) < 4.78 is 5.38. The highest BCUT2D eigenvalue weighted by Gasteiger charge is 2.43. The summed E-state index contributed by atoms with van der Waals surface area (Å²) in [6.07, 6.45) is 9.91. The largest absolute Gasteiger partial charge is 0.497 e. The van der Waals surface area contributed by atoms with Gasteiger partial charge in [0.1, 0.15) is 11.8 Å². The van der Waals surface area contributed by atoms with Gasteiger partial charge in [-0.15, -0.1) is 0 Å². The van der Waals surface area contributed by atoms with Crippen LogP contribution in [0.5, 0.6) is 5.75 Å². The Labute approximate surface area is 217 Å². The molecule has 0 aromatic heterocycles. The number of likely N-dealkylation sites (N-methyl/N-ethyl adjacent to an activating group) is 1. The second-order valence-electron chi connectivity index (χ2n) is 11.2. The molecule has 2 aromatic carbocycles. The predicted octanol–water partition coefficient (Wildman–Crippen LogP) is 5.34. The van der Waals surface area contributed by atoms with Crippen molar-refractivity contribution in [2.75, 3.05) is 27.2 Å². The lowest BCUT2D eigenvalue weighted by molar-refractivity contribution is -0.145. The number of rotatable bonds is 10. The minimum Gasteiger partial charge on any atom is -0.497 e. The van der Waals surface area contributed by atoms with E-state index in [1.165, 1.54) is 56.1 Å². The number of fused-ring (bicyclic) bond motifs is 1. The Morgan fingerprint density at radius 1 is 0.917 bits per heavy atom. The van der Waals surface area contributed by atoms with Crippen LogP contribution in [0, 0.1) is 5.92 Å². The molecule has 36 heavy (non-hydrogen) atoms. The molecule has 1 amide bonds. The minimum atomic E-state index is -0.117. The van der Waals surface area contributed by atoms with Crippen LogP contribution in [0.4, 0.5) is 0 Å². The molecule has 1 saturated heterocycles. The summed E-state index contributed by atoms with van der Waals surface area (Å²) in [5, 5.41) is 0. The van der Waals surface area contributed by atoms with Crippen molar-refractivity contribution in [1.29, 1.82) is 0 Å². The maximum atomic E-state index is 14.4. The maximum Gasteiger partial charge on any atom is 0.241 e. The Kier molecular flexibility index (Phi) is 8.28. The van der Waals surface area contributed by atoms with E-state index in [1.807, 2.05) is 12.1 Å². The summed E-state index contributed by atoms with van der Waals surface area (Å²) in [4.78, 5) is 21.6. The number of benzene rings is 2. The molecule has 194 valence electrons. The van der Waals surface area contributed by atoms with Crippen LogP contribution in [0.25, 0.3) is 0 Å². The number of hydrogen-bond donors (Lipinski definition) is 0. The van der Waals surface area contributed by atoms with Gasteiger partial charge in [-0.2, -0.15) is 0 Å². The first-order chi connectivity index (χ1) is 17.6. The van der Waals surface area contributed by atoms with Crippen LogP contribution >= 0.6 is 0 Å². The molecule has 0 spiro atoms. The van der Waals surface area contributed by atoms with Gasteiger partial charge in [-0.1, -0.05) is 55.3 Å². The van der Waals surface area contributed by atoms with E-state index in [4.69, 9.17) is 4.74 Å². The first kappa shape index (κ1) is 25.3. The lowest BCUT2D eigenvalue weighted by Gasteiger charge is -2.47. The van der Waals surface area contributed by atoms with Gasteiger partial charge >= 0.3 is 0 Å². The highest BCUT2D eigenvalue weighted by Crippen LogP contribution is 2.37. The van der Waals surface area contributed by atoms with Gasteiger partial charge in [-0.3, -0.25) is 9.69 Å². The van der Waals surface area contributed by atoms with Crippen molar-refractivity contribution in [3.63, 3.8) is 0 Å². The molecule has 0 bridgehead atoms. The van der Waals surface area contributed by atoms with Crippen molar-refractivity contribution in [3.8, 4) is 5.75 Å². The number of likely N-dealkylation sites (tertiary alicyclic amines) is 1. The summed E-state index contributed by atoms with van der Waals surface area (Å²) in [7, 11) is 3.88. The van der Waals surface area contributed by atoms with E-state index in [2.05, 4.69) is 64.2 Å². The lowest BCUT2D eigenvalue weighted by atomic mass is 9.78. The van der Waals surface area contributed by atoms with Gasteiger partial charge in [0.15, 0.2) is 0 Å². The number of methoxy groups -OCH3 is 1. The van der Waals surface area contributed by atoms with Gasteiger partial charge in [-0.25, -0.2) is 0 Å². The summed E-state index contributed by atoms with van der Waals surface area (Å²) >= 11 is 0. The van der Waals surface area contributed by atoms with Crippen LogP contribution in [0.2, 0.25) is 0 Å². The first-order valence-corrected chi connectivity index (χ1v) is 14.0. The number of hydrogen-bond acceptors (Lipinski definition) is 4. The Morgan fingerprint density at radius 2 is 1.61 bits per heavy atom. The second-order valence-corrected chi connectivity index (χ2v) is 11.2. The zero-order chi connectivity index (χ0) is 24.9. The van der Waals surface area contributed by atoms with Crippen molar-refractivity contribution in [2.45, 2.75) is 82.6 Å². The van der Waals surface area contributed by atoms with Gasteiger partial charge in [0.2, 0.25) is 5.91 Å². The number of amides is 1. The molecule has 3 atom stereocenters. The molecule has 5 heteroatoms. The summed E-state index contributed by atoms with van der Waals surface area (Å²) in [6, 6.07) is 19.8. The van der Waals surface area contributed by atoms with E-state index in [0.717, 1.165) is 38.3 Å². The van der Waals surface area contributed by atoms with E-state index in [0.29, 0.717) is 23.9 Å². The minimum absolute atomic E-state index is 0.117. The number of carbonyl (C=O) groups excluding carboxylic acids is 1. The number of ether oxygens (including phenoxy) is 1. The number of carbonyl (C=O) groups is 1. The normalized spacial score (nSPS) is 22.9. The molecule has 0 radical (unpaired) electrons. The molecule has 1 unspecified atom stereocenters. The van der Waals surface area contributed by atoms with Crippen LogP contribution < -0.4 is 4.74 Å². The average Bonchev–Trinajstić information content (AvgIpc) is 3.76. The van der Waals surface area contributed by atoms with Gasteiger partial charge in [0.25, 0.3) is 0 Å². The molecule has 2 aromatic rings. The van der Waals surface area contributed by atoms with Crippen molar-refractivity contribution < 1.29 is 9.53 Å². The summed E-state index contributed by atoms with van der Waals surface area (Å²) in [5.74, 6) is 1.95. The van der Waals surface area contributed by atoms with Crippen LogP contribution in [-0.4, -0.2) is 66.0 Å². The van der Waals surface area contributed by atoms with Gasteiger partial charge < -0.3 is 14.5 Å². The Balaban J connectivity index is 1.39. The zero-order valence-corrected chi connectivity index (χ0v) is 22.1. The second kappa shape index (κ2) is 11.8. The van der Waals surface area contributed by atoms with Crippen molar-refractivity contribution >= 4 is 5.91 Å². The number of nitrogens with zero attached hydrogens (tertiary/aromatic N) is 3. The molecular formula is C31H43N3O2. The van der Waals surface area contributed by atoms with Crippen molar-refractivity contribution in [2.24, 2.45) is 5.92 Å². The zero-order valence-electron chi connectivity index (χ0n) is 22.1. The monoisotopic (exact) mass is 489 g/mol. The highest BCUT2D eigenvalue weighted by atomic mass is 16.5. The third kappa shape index (κ3) is 6.12. The summed E-state index contributed by atoms with van der Waals surface area (Å²) in [5.41, 5.74) is 2.55. The summed E-state index contributed by atoms with van der Waals surface area (Å²) in [6.45, 7) is 3.36. The number of piperidine rings is 1. The Morgan fingerprint density at radius 3 is 2.33 bits per heavy atom. The topological polar surface area (TPSA) is 36.0 Å². The molecule has 5 nitrogen and oxygen atoms in total. The van der Waals surface area contributed by atoms with Gasteiger partial charge in [0.05, 0.1) is 7.11 Å². The lowest BCUT2D eigenvalue weighted by Crippen LogP contribution is -2.59. The van der Waals surface area contributed by atoms with Crippen molar-refractivity contribution in [3.05, 3.63) is 65.7 Å². The molecule has 1 aliphatic heterocycles. The Bertz CT molecular complexity index is 973. The molecule has 2 aliphatic carbocycles.